The SMILES string of the molecule is Cn1c(=O)c2ccccc2n(SC(Cl)C(Cl)Cl)c1=O. The van der Waals surface area contributed by atoms with Gasteiger partial charge in [0.05, 0.1) is 10.9 Å². The molecule has 0 aliphatic heterocycles. The molecule has 8 heteroatoms. The molecule has 4 nitrogen and oxygen atoms in total. The van der Waals surface area contributed by atoms with Gasteiger partial charge in [0.2, 0.25) is 0 Å². The number of hydrogen-bond donors (Lipinski definition) is 0. The molecule has 0 bridgehead atoms. The number of nitrogens with zero attached hydrogens (tertiary/aromatic N) is 2. The van der Waals surface area contributed by atoms with E-state index in [-0.39, 0.29) is 5.56 Å². The minimum absolute atomic E-state index is 0.350. The second kappa shape index (κ2) is 5.79. The summed E-state index contributed by atoms with van der Waals surface area (Å²) in [5, 5.41) is 0.432. The molecular formula is C11H9Cl3N2O2S. The fourth-order valence-electron chi connectivity index (χ4n) is 1.59. The van der Waals surface area contributed by atoms with E-state index in [0.29, 0.717) is 10.9 Å². The molecule has 1 unspecified atom stereocenters. The Morgan fingerprint density at radius 2 is 1.79 bits per heavy atom. The van der Waals surface area contributed by atoms with E-state index in [1.165, 1.54) is 11.0 Å². The van der Waals surface area contributed by atoms with Crippen molar-refractivity contribution in [3.05, 3.63) is 45.1 Å². The molecule has 2 aromatic rings. The maximum absolute atomic E-state index is 12.1. The first-order valence-corrected chi connectivity index (χ1v) is 7.38. The van der Waals surface area contributed by atoms with Gasteiger partial charge in [-0.1, -0.05) is 12.1 Å². The molecule has 1 aromatic heterocycles. The largest absolute Gasteiger partial charge is 0.341 e. The molecule has 2 rings (SSSR count). The highest BCUT2D eigenvalue weighted by atomic mass is 35.5. The van der Waals surface area contributed by atoms with Crippen LogP contribution in [0.15, 0.2) is 33.9 Å². The minimum atomic E-state index is -0.838. The van der Waals surface area contributed by atoms with Gasteiger partial charge in [-0.3, -0.25) is 9.36 Å². The Morgan fingerprint density at radius 1 is 1.16 bits per heavy atom. The van der Waals surface area contributed by atoms with E-state index in [1.54, 1.807) is 24.3 Å². The molecule has 0 saturated carbocycles. The monoisotopic (exact) mass is 338 g/mol. The van der Waals surface area contributed by atoms with E-state index in [2.05, 4.69) is 0 Å². The third kappa shape index (κ3) is 2.79. The topological polar surface area (TPSA) is 44.0 Å². The van der Waals surface area contributed by atoms with Gasteiger partial charge in [0, 0.05) is 7.05 Å². The standard InChI is InChI=1S/C11H9Cl3N2O2S/c1-15-10(17)6-4-2-3-5-7(6)16(11(15)18)19-9(14)8(12)13/h2-5,8-9H,1H3. The van der Waals surface area contributed by atoms with Crippen LogP contribution in [0.1, 0.15) is 0 Å². The summed E-state index contributed by atoms with van der Waals surface area (Å²) in [5.41, 5.74) is -0.342. The van der Waals surface area contributed by atoms with Gasteiger partial charge in [-0.05, 0) is 24.1 Å². The number of hydrogen-bond acceptors (Lipinski definition) is 3. The van der Waals surface area contributed by atoms with Crippen LogP contribution >= 0.6 is 46.8 Å². The van der Waals surface area contributed by atoms with Crippen molar-refractivity contribution in [2.24, 2.45) is 7.05 Å². The second-order valence-electron chi connectivity index (χ2n) is 3.75. The third-order valence-electron chi connectivity index (χ3n) is 2.52. The molecule has 0 spiro atoms. The Labute approximate surface area is 128 Å². The number of rotatable bonds is 3. The highest BCUT2D eigenvalue weighted by molar-refractivity contribution is 7.99. The molecule has 0 aliphatic rings. The number of halogens is 3. The van der Waals surface area contributed by atoms with Crippen molar-refractivity contribution in [3.63, 3.8) is 0 Å². The third-order valence-corrected chi connectivity index (χ3v) is 5.11. The molecule has 1 heterocycles. The molecule has 0 fully saturated rings. The van der Waals surface area contributed by atoms with E-state index >= 15 is 0 Å². The zero-order valence-electron chi connectivity index (χ0n) is 9.72. The number of aromatic nitrogens is 2. The lowest BCUT2D eigenvalue weighted by molar-refractivity contribution is 0.780. The van der Waals surface area contributed by atoms with Crippen molar-refractivity contribution in [2.75, 3.05) is 0 Å². The molecule has 0 N–H and O–H groups in total. The van der Waals surface area contributed by atoms with E-state index < -0.39 is 15.2 Å². The maximum atomic E-state index is 12.1. The van der Waals surface area contributed by atoms with Crippen molar-refractivity contribution >= 4 is 57.7 Å². The summed E-state index contributed by atoms with van der Waals surface area (Å²) in [7, 11) is 1.41. The Balaban J connectivity index is 2.73. The van der Waals surface area contributed by atoms with Crippen molar-refractivity contribution in [1.82, 2.24) is 8.54 Å². The first-order chi connectivity index (χ1) is 8.93. The van der Waals surface area contributed by atoms with E-state index in [9.17, 15) is 9.59 Å². The minimum Gasteiger partial charge on any atom is -0.268 e. The molecule has 19 heavy (non-hydrogen) atoms. The summed E-state index contributed by atoms with van der Waals surface area (Å²) in [6, 6.07) is 6.79. The lowest BCUT2D eigenvalue weighted by atomic mass is 10.2. The quantitative estimate of drug-likeness (QED) is 0.807. The zero-order chi connectivity index (χ0) is 14.2. The Hall–Kier alpha value is -0.620. The molecule has 1 aromatic carbocycles. The summed E-state index contributed by atoms with van der Waals surface area (Å²) in [4.78, 5) is 23.3. The second-order valence-corrected chi connectivity index (χ2v) is 6.73. The molecule has 102 valence electrons. The van der Waals surface area contributed by atoms with Crippen LogP contribution in [0.5, 0.6) is 0 Å². The van der Waals surface area contributed by atoms with E-state index in [1.807, 2.05) is 0 Å². The van der Waals surface area contributed by atoms with Crippen LogP contribution in [0, 0.1) is 0 Å². The van der Waals surface area contributed by atoms with Gasteiger partial charge in [-0.15, -0.1) is 34.8 Å². The average molecular weight is 340 g/mol. The van der Waals surface area contributed by atoms with Crippen LogP contribution in [0.2, 0.25) is 0 Å². The summed E-state index contributed by atoms with van der Waals surface area (Å²) in [6.07, 6.45) is 0. The first kappa shape index (κ1) is 14.8. The normalized spacial score (nSPS) is 13.1. The predicted molar refractivity (Wildman–Crippen MR) is 81.6 cm³/mol. The number of alkyl halides is 3. The predicted octanol–water partition coefficient (Wildman–Crippen LogP) is 2.57. The fraction of sp³-hybridized carbons (Fsp3) is 0.273. The van der Waals surface area contributed by atoms with E-state index in [4.69, 9.17) is 34.8 Å². The molecule has 0 saturated heterocycles. The van der Waals surface area contributed by atoms with Crippen LogP contribution < -0.4 is 11.2 Å². The number of para-hydroxylation sites is 1. The van der Waals surface area contributed by atoms with Crippen LogP contribution in [-0.2, 0) is 7.05 Å². The average Bonchev–Trinajstić information content (AvgIpc) is 2.40. The van der Waals surface area contributed by atoms with E-state index in [0.717, 1.165) is 16.5 Å². The smallest absolute Gasteiger partial charge is 0.268 e. The molecule has 1 atom stereocenters. The van der Waals surface area contributed by atoms with Crippen molar-refractivity contribution < 1.29 is 0 Å². The molecule has 0 aliphatic carbocycles. The fourth-order valence-corrected chi connectivity index (χ4v) is 2.88. The molecular weight excluding hydrogens is 331 g/mol. The van der Waals surface area contributed by atoms with Gasteiger partial charge >= 0.3 is 5.69 Å². The number of fused-ring (bicyclic) bond motifs is 1. The summed E-state index contributed by atoms with van der Waals surface area (Å²) in [6.45, 7) is 0. The highest BCUT2D eigenvalue weighted by Gasteiger charge is 2.19. The lowest BCUT2D eigenvalue weighted by Gasteiger charge is -2.14. The van der Waals surface area contributed by atoms with Gasteiger partial charge in [0.1, 0.15) is 9.55 Å². The van der Waals surface area contributed by atoms with Crippen LogP contribution in [0.4, 0.5) is 0 Å². The van der Waals surface area contributed by atoms with Crippen LogP contribution in [-0.4, -0.2) is 18.1 Å². The van der Waals surface area contributed by atoms with Crippen LogP contribution in [0.25, 0.3) is 10.9 Å². The van der Waals surface area contributed by atoms with Gasteiger partial charge in [0.15, 0.2) is 0 Å². The Bertz CT molecular complexity index is 726. The Morgan fingerprint density at radius 3 is 2.42 bits per heavy atom. The van der Waals surface area contributed by atoms with Gasteiger partial charge in [0.25, 0.3) is 5.56 Å². The summed E-state index contributed by atoms with van der Waals surface area (Å²) < 4.78 is 1.64. The maximum Gasteiger partial charge on any atom is 0.341 e. The van der Waals surface area contributed by atoms with Crippen molar-refractivity contribution in [3.8, 4) is 0 Å². The van der Waals surface area contributed by atoms with Crippen molar-refractivity contribution in [1.29, 1.82) is 0 Å². The zero-order valence-corrected chi connectivity index (χ0v) is 12.8. The van der Waals surface area contributed by atoms with Crippen molar-refractivity contribution in [2.45, 2.75) is 9.55 Å². The number of benzene rings is 1. The van der Waals surface area contributed by atoms with Gasteiger partial charge in [-0.25, -0.2) is 8.77 Å². The first-order valence-electron chi connectivity index (χ1n) is 5.23. The molecule has 0 radical (unpaired) electrons. The summed E-state index contributed by atoms with van der Waals surface area (Å²) >= 11 is 18.3. The van der Waals surface area contributed by atoms with Gasteiger partial charge in [-0.2, -0.15) is 0 Å². The van der Waals surface area contributed by atoms with Crippen LogP contribution in [0.3, 0.4) is 0 Å². The summed E-state index contributed by atoms with van der Waals surface area (Å²) in [5.74, 6) is 0. The highest BCUT2D eigenvalue weighted by Crippen LogP contribution is 2.27. The molecule has 0 amide bonds. The Kier molecular flexibility index (Phi) is 4.50. The lowest BCUT2D eigenvalue weighted by Crippen LogP contribution is -2.37. The van der Waals surface area contributed by atoms with Gasteiger partial charge < -0.3 is 0 Å².